The van der Waals surface area contributed by atoms with E-state index in [4.69, 9.17) is 4.74 Å². The first-order valence-electron chi connectivity index (χ1n) is 8.15. The topological polar surface area (TPSA) is 83.8 Å². The number of halogens is 1. The number of hydrogen-bond donors (Lipinski definition) is 2. The van der Waals surface area contributed by atoms with Crippen LogP contribution in [0.3, 0.4) is 0 Å². The second kappa shape index (κ2) is 9.37. The fraction of sp³-hybridized carbons (Fsp3) is 0.688. The van der Waals surface area contributed by atoms with Crippen molar-refractivity contribution >= 4 is 35.8 Å². The Hall–Kier alpha value is -1.36. The van der Waals surface area contributed by atoms with Gasteiger partial charge in [0.2, 0.25) is 5.91 Å². The second-order valence-corrected chi connectivity index (χ2v) is 6.62. The third kappa shape index (κ3) is 5.56. The van der Waals surface area contributed by atoms with E-state index >= 15 is 0 Å². The summed E-state index contributed by atoms with van der Waals surface area (Å²) in [5, 5.41) is 10.2. The number of aromatic nitrogens is 2. The highest BCUT2D eigenvalue weighted by atomic mass is 127. The largest absolute Gasteiger partial charge is 0.370 e. The number of morpholine rings is 1. The molecule has 0 aromatic carbocycles. The third-order valence-electron chi connectivity index (χ3n) is 4.20. The van der Waals surface area contributed by atoms with Crippen LogP contribution in [0, 0.1) is 5.41 Å². The van der Waals surface area contributed by atoms with E-state index < -0.39 is 5.41 Å². The Morgan fingerprint density at radius 1 is 1.52 bits per heavy atom. The summed E-state index contributed by atoms with van der Waals surface area (Å²) in [4.78, 5) is 18.4. The molecular formula is C16H29IN6O2. The number of ether oxygens (including phenoxy) is 1. The molecule has 25 heavy (non-hydrogen) atoms. The Morgan fingerprint density at radius 2 is 2.24 bits per heavy atom. The highest BCUT2D eigenvalue weighted by Crippen LogP contribution is 2.22. The summed E-state index contributed by atoms with van der Waals surface area (Å²) >= 11 is 0. The molecule has 1 aliphatic heterocycles. The Labute approximate surface area is 166 Å². The van der Waals surface area contributed by atoms with Gasteiger partial charge in [0.1, 0.15) is 6.10 Å². The summed E-state index contributed by atoms with van der Waals surface area (Å²) < 4.78 is 7.64. The van der Waals surface area contributed by atoms with Gasteiger partial charge in [0.05, 0.1) is 24.8 Å². The van der Waals surface area contributed by atoms with E-state index in [2.05, 4.69) is 25.6 Å². The van der Waals surface area contributed by atoms with Crippen molar-refractivity contribution in [2.45, 2.75) is 20.0 Å². The first-order valence-corrected chi connectivity index (χ1v) is 8.15. The Kier molecular flexibility index (Phi) is 8.13. The second-order valence-electron chi connectivity index (χ2n) is 6.62. The van der Waals surface area contributed by atoms with E-state index in [0.29, 0.717) is 19.7 Å². The van der Waals surface area contributed by atoms with Crippen molar-refractivity contribution < 1.29 is 9.53 Å². The molecule has 2 rings (SSSR count). The number of rotatable bonds is 4. The molecule has 0 spiro atoms. The van der Waals surface area contributed by atoms with Crippen molar-refractivity contribution in [3.8, 4) is 0 Å². The number of aliphatic imine (C=N–C) groups is 1. The summed E-state index contributed by atoms with van der Waals surface area (Å²) in [6.07, 6.45) is 3.77. The molecular weight excluding hydrogens is 435 g/mol. The van der Waals surface area contributed by atoms with Crippen LogP contribution in [0.1, 0.15) is 25.5 Å². The summed E-state index contributed by atoms with van der Waals surface area (Å²) in [5.74, 6) is 0.782. The third-order valence-corrected chi connectivity index (χ3v) is 4.20. The standard InChI is InChI=1S/C16H28N6O2.HI/c1-16(2,14(23)17-3)11-19-15(18-4)22-6-7-24-13(10-22)12-8-20-21(5)9-12;/h8-9,13H,6-7,10-11H2,1-5H3,(H,17,23)(H,18,19);1H. The predicted octanol–water partition coefficient (Wildman–Crippen LogP) is 0.759. The van der Waals surface area contributed by atoms with Gasteiger partial charge in [-0.25, -0.2) is 0 Å². The quantitative estimate of drug-likeness (QED) is 0.391. The van der Waals surface area contributed by atoms with Crippen molar-refractivity contribution in [1.82, 2.24) is 25.3 Å². The number of carbonyl (C=O) groups excluding carboxylic acids is 1. The van der Waals surface area contributed by atoms with E-state index in [1.807, 2.05) is 33.3 Å². The molecule has 1 atom stereocenters. The lowest BCUT2D eigenvalue weighted by Crippen LogP contribution is -2.51. The van der Waals surface area contributed by atoms with Crippen LogP contribution in [0.2, 0.25) is 0 Å². The Bertz CT molecular complexity index is 601. The maximum absolute atomic E-state index is 11.9. The van der Waals surface area contributed by atoms with Crippen LogP contribution in [0.5, 0.6) is 0 Å². The zero-order valence-corrected chi connectivity index (χ0v) is 17.9. The molecule has 1 aliphatic rings. The van der Waals surface area contributed by atoms with Gasteiger partial charge in [0, 0.05) is 46.0 Å². The monoisotopic (exact) mass is 464 g/mol. The van der Waals surface area contributed by atoms with Crippen LogP contribution in [-0.2, 0) is 16.6 Å². The fourth-order valence-electron chi connectivity index (χ4n) is 2.70. The lowest BCUT2D eigenvalue weighted by Gasteiger charge is -2.35. The van der Waals surface area contributed by atoms with Crippen molar-refractivity contribution in [2.24, 2.45) is 17.5 Å². The number of guanidine groups is 1. The number of aryl methyl sites for hydroxylation is 1. The molecule has 142 valence electrons. The minimum Gasteiger partial charge on any atom is -0.370 e. The van der Waals surface area contributed by atoms with Gasteiger partial charge < -0.3 is 20.3 Å². The molecule has 1 saturated heterocycles. The van der Waals surface area contributed by atoms with Gasteiger partial charge in [-0.3, -0.25) is 14.5 Å². The molecule has 9 heteroatoms. The molecule has 1 fully saturated rings. The Balaban J connectivity index is 0.00000312. The van der Waals surface area contributed by atoms with E-state index in [0.717, 1.165) is 18.1 Å². The summed E-state index contributed by atoms with van der Waals surface area (Å²) in [6.45, 7) is 6.41. The molecule has 0 aliphatic carbocycles. The van der Waals surface area contributed by atoms with Crippen LogP contribution in [0.4, 0.5) is 0 Å². The molecule has 1 amide bonds. The number of amides is 1. The predicted molar refractivity (Wildman–Crippen MR) is 108 cm³/mol. The molecule has 1 aromatic rings. The minimum absolute atomic E-state index is 0. The molecule has 8 nitrogen and oxygen atoms in total. The normalized spacial score (nSPS) is 18.5. The first kappa shape index (κ1) is 21.7. The van der Waals surface area contributed by atoms with Crippen LogP contribution in [0.15, 0.2) is 17.4 Å². The van der Waals surface area contributed by atoms with Crippen molar-refractivity contribution in [3.05, 3.63) is 18.0 Å². The van der Waals surface area contributed by atoms with Crippen molar-refractivity contribution in [2.75, 3.05) is 40.3 Å². The molecule has 0 radical (unpaired) electrons. The number of nitrogens with one attached hydrogen (secondary N) is 2. The average molecular weight is 464 g/mol. The summed E-state index contributed by atoms with van der Waals surface area (Å²) in [7, 11) is 5.30. The lowest BCUT2D eigenvalue weighted by molar-refractivity contribution is -0.128. The zero-order valence-electron chi connectivity index (χ0n) is 15.6. The van der Waals surface area contributed by atoms with Crippen molar-refractivity contribution in [3.63, 3.8) is 0 Å². The van der Waals surface area contributed by atoms with Crippen LogP contribution in [0.25, 0.3) is 0 Å². The number of nitrogens with zero attached hydrogens (tertiary/aromatic N) is 4. The van der Waals surface area contributed by atoms with Gasteiger partial charge >= 0.3 is 0 Å². The molecule has 0 bridgehead atoms. The highest BCUT2D eigenvalue weighted by molar-refractivity contribution is 14.0. The minimum atomic E-state index is -0.514. The van der Waals surface area contributed by atoms with Gasteiger partial charge in [-0.2, -0.15) is 5.10 Å². The molecule has 1 aromatic heterocycles. The van der Waals surface area contributed by atoms with Gasteiger partial charge in [0.25, 0.3) is 0 Å². The number of carbonyl (C=O) groups is 1. The molecule has 2 heterocycles. The first-order chi connectivity index (χ1) is 11.4. The Morgan fingerprint density at radius 3 is 2.80 bits per heavy atom. The molecule has 2 N–H and O–H groups in total. The zero-order chi connectivity index (χ0) is 17.7. The number of hydrogen-bond acceptors (Lipinski definition) is 4. The van der Waals surface area contributed by atoms with Gasteiger partial charge in [-0.1, -0.05) is 0 Å². The summed E-state index contributed by atoms with van der Waals surface area (Å²) in [5.41, 5.74) is 0.544. The van der Waals surface area contributed by atoms with E-state index in [1.165, 1.54) is 0 Å². The van der Waals surface area contributed by atoms with Crippen LogP contribution >= 0.6 is 24.0 Å². The van der Waals surface area contributed by atoms with E-state index in [-0.39, 0.29) is 36.0 Å². The molecule has 1 unspecified atom stereocenters. The maximum atomic E-state index is 11.9. The average Bonchev–Trinajstić information content (AvgIpc) is 3.01. The smallest absolute Gasteiger partial charge is 0.227 e. The van der Waals surface area contributed by atoms with Gasteiger partial charge in [-0.05, 0) is 13.8 Å². The SMILES string of the molecule is CN=C(NCC(C)(C)C(=O)NC)N1CCOC(c2cnn(C)c2)C1.I. The highest BCUT2D eigenvalue weighted by Gasteiger charge is 2.29. The fourth-order valence-corrected chi connectivity index (χ4v) is 2.70. The maximum Gasteiger partial charge on any atom is 0.227 e. The van der Waals surface area contributed by atoms with Gasteiger partial charge in [-0.15, -0.1) is 24.0 Å². The van der Waals surface area contributed by atoms with Crippen LogP contribution in [-0.4, -0.2) is 66.9 Å². The van der Waals surface area contributed by atoms with Crippen LogP contribution < -0.4 is 10.6 Å². The lowest BCUT2D eigenvalue weighted by atomic mass is 9.92. The van der Waals surface area contributed by atoms with Gasteiger partial charge in [0.15, 0.2) is 5.96 Å². The van der Waals surface area contributed by atoms with E-state index in [1.54, 1.807) is 18.8 Å². The van der Waals surface area contributed by atoms with E-state index in [9.17, 15) is 4.79 Å². The summed E-state index contributed by atoms with van der Waals surface area (Å²) in [6, 6.07) is 0. The molecule has 0 saturated carbocycles. The van der Waals surface area contributed by atoms with Crippen molar-refractivity contribution in [1.29, 1.82) is 0 Å².